The van der Waals surface area contributed by atoms with Crippen LogP contribution in [-0.2, 0) is 4.79 Å². The molecule has 3 N–H and O–H groups in total. The first-order valence-electron chi connectivity index (χ1n) is 28.2. The Morgan fingerprint density at radius 1 is 0.371 bits per heavy atom. The number of amides is 1. The van der Waals surface area contributed by atoms with Gasteiger partial charge in [-0.05, 0) is 57.8 Å². The van der Waals surface area contributed by atoms with Gasteiger partial charge in [0.05, 0.1) is 18.8 Å². The Kier molecular flexibility index (Phi) is 52.7. The average molecular weight is 871 g/mol. The molecule has 0 aliphatic carbocycles. The molecule has 0 aromatic heterocycles. The summed E-state index contributed by atoms with van der Waals surface area (Å²) >= 11 is 0. The maximum atomic E-state index is 12.4. The van der Waals surface area contributed by atoms with Crippen molar-refractivity contribution in [2.45, 2.75) is 321 Å². The van der Waals surface area contributed by atoms with Crippen molar-refractivity contribution in [1.29, 1.82) is 0 Å². The van der Waals surface area contributed by atoms with Crippen molar-refractivity contribution >= 4 is 5.91 Å². The lowest BCUT2D eigenvalue weighted by Gasteiger charge is -2.19. The minimum atomic E-state index is -0.864. The van der Waals surface area contributed by atoms with E-state index >= 15 is 0 Å². The second-order valence-electron chi connectivity index (χ2n) is 19.3. The van der Waals surface area contributed by atoms with Gasteiger partial charge in [-0.25, -0.2) is 0 Å². The highest BCUT2D eigenvalue weighted by atomic mass is 16.3. The van der Waals surface area contributed by atoms with E-state index < -0.39 is 12.1 Å². The Balaban J connectivity index is 3.48. The van der Waals surface area contributed by atoms with Crippen LogP contribution in [-0.4, -0.2) is 34.9 Å². The predicted molar refractivity (Wildman–Crippen MR) is 276 cm³/mol. The molecule has 0 bridgehead atoms. The third-order valence-electron chi connectivity index (χ3n) is 13.1. The normalized spacial score (nSPS) is 13.0. The molecule has 2 unspecified atom stereocenters. The molecule has 0 aromatic carbocycles. The molecule has 0 heterocycles. The van der Waals surface area contributed by atoms with Gasteiger partial charge in [-0.1, -0.05) is 281 Å². The van der Waals surface area contributed by atoms with Crippen molar-refractivity contribution in [2.24, 2.45) is 0 Å². The molecule has 0 spiro atoms. The maximum absolute atomic E-state index is 12.4. The van der Waals surface area contributed by atoms with Gasteiger partial charge in [-0.2, -0.15) is 0 Å². The molecular formula is C58H111NO3. The summed E-state index contributed by atoms with van der Waals surface area (Å²) in [4.78, 5) is 12.4. The second-order valence-corrected chi connectivity index (χ2v) is 19.3. The zero-order valence-corrected chi connectivity index (χ0v) is 42.2. The van der Waals surface area contributed by atoms with Crippen LogP contribution in [0, 0.1) is 0 Å². The fraction of sp³-hybridized carbons (Fsp3) is 0.879. The number of aliphatic hydroxyl groups excluding tert-OH is 2. The Morgan fingerprint density at radius 2 is 0.629 bits per heavy atom. The van der Waals surface area contributed by atoms with Gasteiger partial charge in [-0.15, -0.1) is 0 Å². The Hall–Kier alpha value is -1.39. The summed E-state index contributed by atoms with van der Waals surface area (Å²) in [6.45, 7) is 4.32. The van der Waals surface area contributed by atoms with E-state index in [0.717, 1.165) is 32.1 Å². The Bertz CT molecular complexity index is 943. The number of nitrogens with one attached hydrogen (secondary N) is 1. The molecule has 62 heavy (non-hydrogen) atoms. The summed E-state index contributed by atoms with van der Waals surface area (Å²) in [6.07, 6.45) is 73.2. The van der Waals surface area contributed by atoms with Crippen molar-refractivity contribution in [3.8, 4) is 0 Å². The first-order chi connectivity index (χ1) is 30.7. The standard InChI is InChI=1S/C58H111NO3/c1-3-5-7-9-11-13-15-17-19-21-22-23-24-25-26-27-28-29-30-31-32-33-34-35-36-38-39-41-43-45-47-49-51-53-57(61)56(55-60)59-58(62)54-52-50-48-46-44-42-40-37-20-18-16-14-12-10-8-6-4-2/h18,20,43,45,51,53,56-57,60-61H,3-17,19,21-42,44,46-50,52,54-55H2,1-2H3,(H,59,62)/b20-18-,45-43+,53-51+. The fourth-order valence-electron chi connectivity index (χ4n) is 8.78. The molecule has 0 rings (SSSR count). The topological polar surface area (TPSA) is 69.6 Å². The molecule has 4 nitrogen and oxygen atoms in total. The summed E-state index contributed by atoms with van der Waals surface area (Å²) in [6, 6.07) is -0.641. The van der Waals surface area contributed by atoms with Gasteiger partial charge < -0.3 is 15.5 Å². The third-order valence-corrected chi connectivity index (χ3v) is 13.1. The number of aliphatic hydroxyl groups is 2. The van der Waals surface area contributed by atoms with Crippen molar-refractivity contribution in [1.82, 2.24) is 5.32 Å². The molecular weight excluding hydrogens is 759 g/mol. The zero-order chi connectivity index (χ0) is 44.9. The molecule has 4 heteroatoms. The molecule has 0 radical (unpaired) electrons. The number of carbonyl (C=O) groups excluding carboxylic acids is 1. The smallest absolute Gasteiger partial charge is 0.220 e. The van der Waals surface area contributed by atoms with E-state index in [9.17, 15) is 15.0 Å². The van der Waals surface area contributed by atoms with E-state index in [1.54, 1.807) is 6.08 Å². The van der Waals surface area contributed by atoms with Crippen LogP contribution in [0.25, 0.3) is 0 Å². The number of hydrogen-bond donors (Lipinski definition) is 3. The zero-order valence-electron chi connectivity index (χ0n) is 42.2. The van der Waals surface area contributed by atoms with Gasteiger partial charge in [0.15, 0.2) is 0 Å². The summed E-state index contributed by atoms with van der Waals surface area (Å²) in [7, 11) is 0. The van der Waals surface area contributed by atoms with Gasteiger partial charge in [0.1, 0.15) is 0 Å². The Morgan fingerprint density at radius 3 is 0.935 bits per heavy atom. The molecule has 0 fully saturated rings. The van der Waals surface area contributed by atoms with E-state index in [0.29, 0.717) is 6.42 Å². The highest BCUT2D eigenvalue weighted by Crippen LogP contribution is 2.17. The predicted octanol–water partition coefficient (Wildman–Crippen LogP) is 18.5. The number of carbonyl (C=O) groups is 1. The number of rotatable bonds is 52. The monoisotopic (exact) mass is 870 g/mol. The van der Waals surface area contributed by atoms with Crippen molar-refractivity contribution < 1.29 is 15.0 Å². The van der Waals surface area contributed by atoms with Gasteiger partial charge in [0.25, 0.3) is 0 Å². The van der Waals surface area contributed by atoms with Crippen molar-refractivity contribution in [2.75, 3.05) is 6.61 Å². The van der Waals surface area contributed by atoms with Gasteiger partial charge >= 0.3 is 0 Å². The average Bonchev–Trinajstić information content (AvgIpc) is 3.28. The first-order valence-corrected chi connectivity index (χ1v) is 28.2. The second kappa shape index (κ2) is 53.9. The van der Waals surface area contributed by atoms with E-state index in [1.165, 1.54) is 257 Å². The lowest BCUT2D eigenvalue weighted by atomic mass is 10.0. The molecule has 0 saturated carbocycles. The van der Waals surface area contributed by atoms with Crippen LogP contribution in [0.1, 0.15) is 309 Å². The molecule has 0 aromatic rings. The van der Waals surface area contributed by atoms with Gasteiger partial charge in [-0.3, -0.25) is 4.79 Å². The Labute approximate surface area is 389 Å². The largest absolute Gasteiger partial charge is 0.394 e. The fourth-order valence-corrected chi connectivity index (χ4v) is 8.78. The van der Waals surface area contributed by atoms with E-state index in [1.807, 2.05) is 6.08 Å². The van der Waals surface area contributed by atoms with Crippen LogP contribution < -0.4 is 5.32 Å². The van der Waals surface area contributed by atoms with Crippen LogP contribution in [0.2, 0.25) is 0 Å². The van der Waals surface area contributed by atoms with Crippen LogP contribution in [0.4, 0.5) is 0 Å². The van der Waals surface area contributed by atoms with Crippen LogP contribution in [0.15, 0.2) is 36.5 Å². The maximum Gasteiger partial charge on any atom is 0.220 e. The van der Waals surface area contributed by atoms with Crippen LogP contribution in [0.5, 0.6) is 0 Å². The molecule has 1 amide bonds. The molecule has 2 atom stereocenters. The van der Waals surface area contributed by atoms with Crippen LogP contribution >= 0.6 is 0 Å². The first kappa shape index (κ1) is 60.6. The van der Waals surface area contributed by atoms with E-state index in [-0.39, 0.29) is 12.5 Å². The molecule has 0 aliphatic heterocycles. The van der Waals surface area contributed by atoms with Crippen molar-refractivity contribution in [3.05, 3.63) is 36.5 Å². The summed E-state index contributed by atoms with van der Waals surface area (Å²) in [5, 5.41) is 23.1. The minimum absolute atomic E-state index is 0.0756. The number of unbranched alkanes of at least 4 members (excludes halogenated alkanes) is 41. The van der Waals surface area contributed by atoms with Crippen LogP contribution in [0.3, 0.4) is 0 Å². The van der Waals surface area contributed by atoms with E-state index in [2.05, 4.69) is 43.5 Å². The molecule has 0 aliphatic rings. The summed E-state index contributed by atoms with van der Waals surface area (Å²) < 4.78 is 0. The lowest BCUT2D eigenvalue weighted by molar-refractivity contribution is -0.123. The minimum Gasteiger partial charge on any atom is -0.394 e. The third kappa shape index (κ3) is 49.6. The molecule has 366 valence electrons. The van der Waals surface area contributed by atoms with Gasteiger partial charge in [0, 0.05) is 6.42 Å². The highest BCUT2D eigenvalue weighted by molar-refractivity contribution is 5.76. The SMILES string of the molecule is CCCCCCCC/C=C\CCCCCCCCCC(=O)NC(CO)C(O)/C=C/CC/C=C/CCCCCCCCCCCCCCCCCCCCCCCCCCCCC. The molecule has 0 saturated heterocycles. The summed E-state index contributed by atoms with van der Waals surface area (Å²) in [5.74, 6) is -0.0756. The lowest BCUT2D eigenvalue weighted by Crippen LogP contribution is -2.45. The van der Waals surface area contributed by atoms with Gasteiger partial charge in [0.2, 0.25) is 5.91 Å². The van der Waals surface area contributed by atoms with Crippen molar-refractivity contribution in [3.63, 3.8) is 0 Å². The highest BCUT2D eigenvalue weighted by Gasteiger charge is 2.18. The summed E-state index contributed by atoms with van der Waals surface area (Å²) in [5.41, 5.74) is 0. The van der Waals surface area contributed by atoms with E-state index in [4.69, 9.17) is 0 Å². The quantitative estimate of drug-likeness (QED) is 0.0421. The number of hydrogen-bond acceptors (Lipinski definition) is 3. The number of allylic oxidation sites excluding steroid dienone is 5.